The molecule has 0 aliphatic heterocycles. The average molecular weight is 290 g/mol. The minimum Gasteiger partial charge on any atom is -0.480 e. The van der Waals surface area contributed by atoms with Crippen LogP contribution in [-0.4, -0.2) is 35.0 Å². The van der Waals surface area contributed by atoms with Crippen LogP contribution in [-0.2, 0) is 11.2 Å². The molecule has 21 heavy (non-hydrogen) atoms. The number of fused-ring (bicyclic) bond motifs is 1. The third kappa shape index (κ3) is 4.19. The zero-order valence-electron chi connectivity index (χ0n) is 12.3. The maximum atomic E-state index is 11.7. The average Bonchev–Trinajstić information content (AvgIpc) is 2.89. The molecule has 0 radical (unpaired) electrons. The van der Waals surface area contributed by atoms with Crippen LogP contribution in [0.4, 0.5) is 0 Å². The van der Waals surface area contributed by atoms with E-state index >= 15 is 0 Å². The highest BCUT2D eigenvalue weighted by Crippen LogP contribution is 2.19. The van der Waals surface area contributed by atoms with Crippen LogP contribution in [0.2, 0.25) is 0 Å². The highest BCUT2D eigenvalue weighted by molar-refractivity contribution is 5.77. The zero-order chi connectivity index (χ0) is 15.1. The van der Waals surface area contributed by atoms with Crippen molar-refractivity contribution in [2.75, 3.05) is 19.7 Å². The minimum absolute atomic E-state index is 0.00245. The third-order valence-corrected chi connectivity index (χ3v) is 3.11. The summed E-state index contributed by atoms with van der Waals surface area (Å²) in [7, 11) is 0. The monoisotopic (exact) mass is 290 g/mol. The van der Waals surface area contributed by atoms with Crippen LogP contribution in [0.25, 0.3) is 5.65 Å². The fourth-order valence-corrected chi connectivity index (χ4v) is 2.02. The number of nitrogens with one attached hydrogen (secondary N) is 1. The standard InChI is InChI=1S/C15H22N4O2/c1-2-3-8-17-14(20)11-21-13-5-4-9-19-10-12(6-7-16)18-15(13)19/h4-5,9-10H,2-3,6-8,11,16H2,1H3,(H,17,20). The number of nitrogens with two attached hydrogens (primary N) is 1. The molecule has 0 unspecified atom stereocenters. The van der Waals surface area contributed by atoms with Gasteiger partial charge in [0.1, 0.15) is 0 Å². The molecule has 0 aliphatic rings. The van der Waals surface area contributed by atoms with E-state index in [4.69, 9.17) is 10.5 Å². The van der Waals surface area contributed by atoms with E-state index in [1.54, 1.807) is 0 Å². The summed E-state index contributed by atoms with van der Waals surface area (Å²) in [4.78, 5) is 16.1. The fraction of sp³-hybridized carbons (Fsp3) is 0.467. The first kappa shape index (κ1) is 15.3. The lowest BCUT2D eigenvalue weighted by Crippen LogP contribution is -2.29. The minimum atomic E-state index is -0.112. The summed E-state index contributed by atoms with van der Waals surface area (Å²) < 4.78 is 7.46. The molecule has 6 nitrogen and oxygen atoms in total. The van der Waals surface area contributed by atoms with Gasteiger partial charge in [0.25, 0.3) is 5.91 Å². The van der Waals surface area contributed by atoms with Crippen LogP contribution in [0.15, 0.2) is 24.5 Å². The number of aromatic nitrogens is 2. The molecule has 0 saturated heterocycles. The Bertz CT molecular complexity index is 594. The number of amides is 1. The first-order valence-electron chi connectivity index (χ1n) is 7.30. The molecule has 2 rings (SSSR count). The van der Waals surface area contributed by atoms with Crippen LogP contribution in [0.1, 0.15) is 25.5 Å². The van der Waals surface area contributed by atoms with Crippen molar-refractivity contribution < 1.29 is 9.53 Å². The molecule has 2 aromatic heterocycles. The van der Waals surface area contributed by atoms with Crippen molar-refractivity contribution in [1.29, 1.82) is 0 Å². The molecule has 0 spiro atoms. The van der Waals surface area contributed by atoms with Crippen LogP contribution in [0, 0.1) is 0 Å². The van der Waals surface area contributed by atoms with Gasteiger partial charge in [0.2, 0.25) is 0 Å². The largest absolute Gasteiger partial charge is 0.480 e. The highest BCUT2D eigenvalue weighted by Gasteiger charge is 2.09. The molecule has 1 amide bonds. The highest BCUT2D eigenvalue weighted by atomic mass is 16.5. The number of pyridine rings is 1. The third-order valence-electron chi connectivity index (χ3n) is 3.11. The molecular weight excluding hydrogens is 268 g/mol. The van der Waals surface area contributed by atoms with Crippen molar-refractivity contribution in [3.8, 4) is 5.75 Å². The van der Waals surface area contributed by atoms with Crippen LogP contribution < -0.4 is 15.8 Å². The smallest absolute Gasteiger partial charge is 0.257 e. The molecule has 0 aliphatic carbocycles. The van der Waals surface area contributed by atoms with Crippen molar-refractivity contribution in [2.24, 2.45) is 5.73 Å². The molecule has 0 fully saturated rings. The Morgan fingerprint density at radius 3 is 3.14 bits per heavy atom. The van der Waals surface area contributed by atoms with E-state index in [0.29, 0.717) is 24.5 Å². The molecule has 3 N–H and O–H groups in total. The predicted octanol–water partition coefficient (Wildman–Crippen LogP) is 1.13. The second-order valence-electron chi connectivity index (χ2n) is 4.87. The van der Waals surface area contributed by atoms with Crippen LogP contribution in [0.5, 0.6) is 5.75 Å². The second-order valence-corrected chi connectivity index (χ2v) is 4.87. The van der Waals surface area contributed by atoms with E-state index in [9.17, 15) is 4.79 Å². The molecule has 2 aromatic rings. The Morgan fingerprint density at radius 1 is 1.52 bits per heavy atom. The number of rotatable bonds is 8. The number of hydrogen-bond acceptors (Lipinski definition) is 4. The van der Waals surface area contributed by atoms with Crippen molar-refractivity contribution in [3.05, 3.63) is 30.2 Å². The van der Waals surface area contributed by atoms with Crippen molar-refractivity contribution in [3.63, 3.8) is 0 Å². The lowest BCUT2D eigenvalue weighted by atomic mass is 10.3. The van der Waals surface area contributed by atoms with Gasteiger partial charge in [0, 0.05) is 25.4 Å². The summed E-state index contributed by atoms with van der Waals surface area (Å²) in [5.74, 6) is 0.491. The molecule has 0 bridgehead atoms. The Hall–Kier alpha value is -2.08. The molecular formula is C15H22N4O2. The summed E-state index contributed by atoms with van der Waals surface area (Å²) in [6, 6.07) is 3.68. The summed E-state index contributed by atoms with van der Waals surface area (Å²) in [5, 5.41) is 2.82. The van der Waals surface area contributed by atoms with E-state index < -0.39 is 0 Å². The van der Waals surface area contributed by atoms with Crippen LogP contribution >= 0.6 is 0 Å². The summed E-state index contributed by atoms with van der Waals surface area (Å²) >= 11 is 0. The second kappa shape index (κ2) is 7.64. The van der Waals surface area contributed by atoms with Gasteiger partial charge in [-0.2, -0.15) is 0 Å². The van der Waals surface area contributed by atoms with Crippen molar-refractivity contribution in [1.82, 2.24) is 14.7 Å². The molecule has 6 heteroatoms. The van der Waals surface area contributed by atoms with Crippen molar-refractivity contribution in [2.45, 2.75) is 26.2 Å². The van der Waals surface area contributed by atoms with E-state index in [1.165, 1.54) is 0 Å². The summed E-state index contributed by atoms with van der Waals surface area (Å²) in [5.41, 5.74) is 7.17. The predicted molar refractivity (Wildman–Crippen MR) is 81.4 cm³/mol. The van der Waals surface area contributed by atoms with Gasteiger partial charge < -0.3 is 20.2 Å². The Kier molecular flexibility index (Phi) is 5.57. The van der Waals surface area contributed by atoms with E-state index in [1.807, 2.05) is 28.9 Å². The first-order valence-corrected chi connectivity index (χ1v) is 7.30. The number of carbonyl (C=O) groups excluding carboxylic acids is 1. The SMILES string of the molecule is CCCCNC(=O)COc1cccn2cc(CCN)nc12. The van der Waals surface area contributed by atoms with Gasteiger partial charge in [-0.25, -0.2) is 4.98 Å². The van der Waals surface area contributed by atoms with Gasteiger partial charge in [0.15, 0.2) is 18.0 Å². The molecule has 2 heterocycles. The molecule has 0 aromatic carbocycles. The molecule has 114 valence electrons. The lowest BCUT2D eigenvalue weighted by molar-refractivity contribution is -0.123. The summed E-state index contributed by atoms with van der Waals surface area (Å²) in [6.45, 7) is 3.33. The van der Waals surface area contributed by atoms with E-state index in [2.05, 4.69) is 17.2 Å². The number of carbonyl (C=O) groups is 1. The van der Waals surface area contributed by atoms with Gasteiger partial charge >= 0.3 is 0 Å². The van der Waals surface area contributed by atoms with E-state index in [-0.39, 0.29) is 12.5 Å². The summed E-state index contributed by atoms with van der Waals surface area (Å²) in [6.07, 6.45) is 6.58. The van der Waals surface area contributed by atoms with Gasteiger partial charge in [-0.05, 0) is 25.1 Å². The number of imidazole rings is 1. The van der Waals surface area contributed by atoms with Gasteiger partial charge in [-0.15, -0.1) is 0 Å². The van der Waals surface area contributed by atoms with Gasteiger partial charge in [-0.3, -0.25) is 4.79 Å². The number of ether oxygens (including phenoxy) is 1. The Labute approximate surface area is 124 Å². The first-order chi connectivity index (χ1) is 10.2. The molecule has 0 atom stereocenters. The maximum Gasteiger partial charge on any atom is 0.257 e. The number of unbranched alkanes of at least 4 members (excludes halogenated alkanes) is 1. The zero-order valence-corrected chi connectivity index (χ0v) is 12.3. The van der Waals surface area contributed by atoms with Gasteiger partial charge in [0.05, 0.1) is 5.69 Å². The normalized spacial score (nSPS) is 10.8. The Morgan fingerprint density at radius 2 is 2.38 bits per heavy atom. The quantitative estimate of drug-likeness (QED) is 0.714. The maximum absolute atomic E-state index is 11.7. The Balaban J connectivity index is 1.99. The topological polar surface area (TPSA) is 81.6 Å². The fourth-order valence-electron chi connectivity index (χ4n) is 2.02. The van der Waals surface area contributed by atoms with Gasteiger partial charge in [-0.1, -0.05) is 13.3 Å². The number of nitrogens with zero attached hydrogens (tertiary/aromatic N) is 2. The van der Waals surface area contributed by atoms with Crippen LogP contribution in [0.3, 0.4) is 0 Å². The number of hydrogen-bond donors (Lipinski definition) is 2. The van der Waals surface area contributed by atoms with Crippen molar-refractivity contribution >= 4 is 11.6 Å². The lowest BCUT2D eigenvalue weighted by Gasteiger charge is -2.07. The van der Waals surface area contributed by atoms with E-state index in [0.717, 1.165) is 25.0 Å². The molecule has 0 saturated carbocycles.